The predicted octanol–water partition coefficient (Wildman–Crippen LogP) is 10.1. The van der Waals surface area contributed by atoms with Crippen molar-refractivity contribution in [1.29, 1.82) is 0 Å². The lowest BCUT2D eigenvalue weighted by atomic mass is 9.38. The fourth-order valence-electron chi connectivity index (χ4n) is 13.8. The van der Waals surface area contributed by atoms with Crippen LogP contribution < -0.4 is 9.47 Å². The van der Waals surface area contributed by atoms with Crippen LogP contribution in [0.15, 0.2) is 115 Å². The molecule has 68 heavy (non-hydrogen) atoms. The highest BCUT2D eigenvalue weighted by molar-refractivity contribution is 5.98. The summed E-state index contributed by atoms with van der Waals surface area (Å²) in [6.45, 7) is 1.44. The third-order valence-electron chi connectivity index (χ3n) is 16.3. The Bertz CT molecular complexity index is 3010. The second kappa shape index (κ2) is 17.1. The van der Waals surface area contributed by atoms with Crippen molar-refractivity contribution in [2.45, 2.75) is 88.4 Å². The van der Waals surface area contributed by atoms with E-state index in [9.17, 15) is 30.0 Å². The molecule has 0 aliphatic heterocycles. The Balaban J connectivity index is 1.08. The zero-order chi connectivity index (χ0) is 47.0. The van der Waals surface area contributed by atoms with E-state index in [4.69, 9.17) is 18.9 Å². The number of aliphatic hydroxyl groups excluding tert-OH is 1. The Morgan fingerprint density at radius 3 is 2.26 bits per heavy atom. The number of phenolic OH excluding ortho intramolecular Hbond substituents is 3. The van der Waals surface area contributed by atoms with Gasteiger partial charge in [-0.3, -0.25) is 9.59 Å². The monoisotopic (exact) mass is 912 g/mol. The molecular formula is C58H56O10. The van der Waals surface area contributed by atoms with E-state index in [1.807, 2.05) is 66.7 Å². The number of hydrogen-bond donors (Lipinski definition) is 4. The van der Waals surface area contributed by atoms with Crippen molar-refractivity contribution in [3.05, 3.63) is 154 Å². The van der Waals surface area contributed by atoms with Crippen LogP contribution in [0, 0.1) is 23.2 Å². The van der Waals surface area contributed by atoms with Crippen molar-refractivity contribution >= 4 is 28.8 Å². The van der Waals surface area contributed by atoms with Crippen LogP contribution in [0.2, 0.25) is 0 Å². The van der Waals surface area contributed by atoms with Crippen LogP contribution in [-0.4, -0.2) is 64.9 Å². The van der Waals surface area contributed by atoms with Crippen LogP contribution in [-0.2, 0) is 44.7 Å². The smallest absolute Gasteiger partial charge is 0.310 e. The summed E-state index contributed by atoms with van der Waals surface area (Å²) >= 11 is 0. The van der Waals surface area contributed by atoms with Crippen LogP contribution in [0.5, 0.6) is 28.7 Å². The standard InChI is InChI=1S/C58H56O10/c1-31(59)67-53-27-41(68-56(64)18-32-13-14-36-20-40(60)25-43(42(36)17-32)34-10-5-4-6-11-34)26-46-44-29-55(66-3)51(62)23-37(44)21-47-50(61)30-48-45-28-52(63)54(65-2)24-38(45)22-49(53)58(48,57(46)47)39-16-15-33-9-7-8-12-35(33)19-39/h4-14,17,19-20,23-25,28-29,41,46-50,53,57,60-63H,15-16,18,21-22,26-27,30H2,1-3H3/t41-,46+,47+,48-,49+,50-,53+,57-,58+/m0/s1. The summed E-state index contributed by atoms with van der Waals surface area (Å²) in [4.78, 5) is 28.1. The Morgan fingerprint density at radius 1 is 0.721 bits per heavy atom. The van der Waals surface area contributed by atoms with Crippen molar-refractivity contribution in [2.24, 2.45) is 23.2 Å². The van der Waals surface area contributed by atoms with Crippen molar-refractivity contribution in [2.75, 3.05) is 14.2 Å². The van der Waals surface area contributed by atoms with Crippen LogP contribution in [0.3, 0.4) is 0 Å². The lowest BCUT2D eigenvalue weighted by Crippen LogP contribution is -2.63. The average Bonchev–Trinajstić information content (AvgIpc) is 3.32. The first-order valence-electron chi connectivity index (χ1n) is 23.9. The van der Waals surface area contributed by atoms with E-state index in [0.717, 1.165) is 68.1 Å². The molecule has 5 aliphatic carbocycles. The number of allylic oxidation sites excluding steroid dienone is 1. The number of hydrogen-bond acceptors (Lipinski definition) is 10. The highest BCUT2D eigenvalue weighted by Crippen LogP contribution is 2.72. The lowest BCUT2D eigenvalue weighted by Gasteiger charge is -2.66. The number of benzene rings is 6. The molecule has 10 heteroatoms. The van der Waals surface area contributed by atoms with Crippen LogP contribution in [0.1, 0.15) is 83.4 Å². The molecule has 0 aromatic heterocycles. The van der Waals surface area contributed by atoms with Crippen LogP contribution >= 0.6 is 0 Å². The summed E-state index contributed by atoms with van der Waals surface area (Å²) in [6.07, 6.45) is 3.68. The van der Waals surface area contributed by atoms with Crippen molar-refractivity contribution in [3.63, 3.8) is 0 Å². The molecule has 2 saturated carbocycles. The Morgan fingerprint density at radius 2 is 1.47 bits per heavy atom. The maximum atomic E-state index is 14.5. The number of methoxy groups -OCH3 is 2. The van der Waals surface area contributed by atoms with Crippen molar-refractivity contribution < 1.29 is 49.0 Å². The maximum Gasteiger partial charge on any atom is 0.310 e. The average molecular weight is 913 g/mol. The minimum atomic E-state index is -0.770. The molecule has 6 aromatic carbocycles. The number of aromatic hydroxyl groups is 3. The molecule has 4 N–H and O–H groups in total. The first-order valence-corrected chi connectivity index (χ1v) is 23.9. The van der Waals surface area contributed by atoms with Crippen LogP contribution in [0.4, 0.5) is 0 Å². The van der Waals surface area contributed by atoms with Crippen LogP contribution in [0.25, 0.3) is 28.0 Å². The molecule has 0 bridgehead atoms. The van der Waals surface area contributed by atoms with E-state index in [1.54, 1.807) is 25.3 Å². The zero-order valence-corrected chi connectivity index (χ0v) is 38.5. The summed E-state index contributed by atoms with van der Waals surface area (Å²) in [5, 5.41) is 47.8. The lowest BCUT2D eigenvalue weighted by molar-refractivity contribution is -0.177. The first kappa shape index (κ1) is 43.8. The van der Waals surface area contributed by atoms with Gasteiger partial charge >= 0.3 is 11.9 Å². The van der Waals surface area contributed by atoms with E-state index in [1.165, 1.54) is 25.2 Å². The maximum absolute atomic E-state index is 14.5. The molecule has 0 spiro atoms. The van der Waals surface area contributed by atoms with Gasteiger partial charge in [-0.05, 0) is 166 Å². The summed E-state index contributed by atoms with van der Waals surface area (Å²) in [5.74, 6) is -1.46. The number of aryl methyl sites for hydroxylation is 1. The molecule has 0 radical (unpaired) electrons. The van der Waals surface area contributed by atoms with Gasteiger partial charge in [0.05, 0.1) is 26.7 Å². The van der Waals surface area contributed by atoms with Gasteiger partial charge in [0.25, 0.3) is 0 Å². The largest absolute Gasteiger partial charge is 0.508 e. The number of ether oxygens (including phenoxy) is 4. The van der Waals surface area contributed by atoms with Gasteiger partial charge in [-0.1, -0.05) is 78.4 Å². The number of phenols is 3. The first-order chi connectivity index (χ1) is 32.9. The van der Waals surface area contributed by atoms with E-state index >= 15 is 0 Å². The fourth-order valence-corrected chi connectivity index (χ4v) is 13.8. The second-order valence-electron chi connectivity index (χ2n) is 19.7. The molecule has 5 aliphatic rings. The van der Waals surface area contributed by atoms with Gasteiger partial charge in [-0.2, -0.15) is 0 Å². The number of carbonyl (C=O) groups excluding carboxylic acids is 2. The van der Waals surface area contributed by atoms with Gasteiger partial charge in [0.15, 0.2) is 23.0 Å². The number of esters is 2. The molecule has 9 atom stereocenters. The molecule has 0 unspecified atom stereocenters. The molecule has 348 valence electrons. The molecule has 0 amide bonds. The minimum absolute atomic E-state index is 0.0211. The number of fused-ring (bicyclic) bond motifs is 6. The molecule has 10 nitrogen and oxygen atoms in total. The molecular weight excluding hydrogens is 857 g/mol. The minimum Gasteiger partial charge on any atom is -0.508 e. The molecule has 6 aromatic rings. The number of aliphatic hydroxyl groups is 1. The predicted molar refractivity (Wildman–Crippen MR) is 258 cm³/mol. The Hall–Kier alpha value is -6.78. The third-order valence-corrected chi connectivity index (χ3v) is 16.3. The fraction of sp³-hybridized carbons (Fsp3) is 0.345. The SMILES string of the molecule is COc1cc2c(cc1O)[C@@H]1C[C@H](O)[C@H]3Cc4cc(O)c(OC)cc4[C@H]4C[C@H](OC(=O)Cc5ccc6cc(O)cc(-c7ccccc7)c6c5)C[C@@H](OC(C)=O)[C@@H](C2)[C@]1(C1=Cc2ccccc2CC1)[C@H]34. The molecule has 2 fully saturated rings. The highest BCUT2D eigenvalue weighted by atomic mass is 16.6. The van der Waals surface area contributed by atoms with Gasteiger partial charge in [-0.25, -0.2) is 0 Å². The summed E-state index contributed by atoms with van der Waals surface area (Å²) in [6, 6.07) is 35.0. The van der Waals surface area contributed by atoms with Gasteiger partial charge in [-0.15, -0.1) is 0 Å². The summed E-state index contributed by atoms with van der Waals surface area (Å²) in [5.41, 5.74) is 9.27. The number of rotatable bonds is 8. The zero-order valence-electron chi connectivity index (χ0n) is 38.5. The van der Waals surface area contributed by atoms with Crippen molar-refractivity contribution in [1.82, 2.24) is 0 Å². The Labute approximate surface area is 395 Å². The van der Waals surface area contributed by atoms with Gasteiger partial charge in [0.1, 0.15) is 18.0 Å². The number of carbonyl (C=O) groups is 2. The van der Waals surface area contributed by atoms with E-state index in [0.29, 0.717) is 37.2 Å². The van der Waals surface area contributed by atoms with E-state index in [-0.39, 0.29) is 59.7 Å². The van der Waals surface area contributed by atoms with Gasteiger partial charge in [0, 0.05) is 24.7 Å². The topological polar surface area (TPSA) is 152 Å². The third kappa shape index (κ3) is 7.27. The summed E-state index contributed by atoms with van der Waals surface area (Å²) < 4.78 is 24.7. The van der Waals surface area contributed by atoms with Gasteiger partial charge in [0.2, 0.25) is 0 Å². The molecule has 11 rings (SSSR count). The summed E-state index contributed by atoms with van der Waals surface area (Å²) in [7, 11) is 3.07. The molecule has 0 heterocycles. The normalized spacial score (nSPS) is 26.6. The van der Waals surface area contributed by atoms with Crippen molar-refractivity contribution in [3.8, 4) is 39.9 Å². The van der Waals surface area contributed by atoms with E-state index in [2.05, 4.69) is 30.3 Å². The van der Waals surface area contributed by atoms with Gasteiger partial charge < -0.3 is 39.4 Å². The van der Waals surface area contributed by atoms with E-state index < -0.39 is 35.7 Å². The second-order valence-corrected chi connectivity index (χ2v) is 19.7. The highest BCUT2D eigenvalue weighted by Gasteiger charge is 2.67. The quantitative estimate of drug-likeness (QED) is 0.109. The molecule has 0 saturated heterocycles. The Kier molecular flexibility index (Phi) is 11.0.